The van der Waals surface area contributed by atoms with Gasteiger partial charge in [0.2, 0.25) is 11.7 Å². The normalized spacial score (nSPS) is 11.8. The number of hydrogen-bond acceptors (Lipinski definition) is 7. The molecule has 0 bridgehead atoms. The number of nitrogens with zero attached hydrogens (tertiary/aromatic N) is 2. The van der Waals surface area contributed by atoms with Gasteiger partial charge in [-0.3, -0.25) is 9.59 Å². The summed E-state index contributed by atoms with van der Waals surface area (Å²) >= 11 is 1.47. The van der Waals surface area contributed by atoms with Crippen LogP contribution in [0.5, 0.6) is 0 Å². The van der Waals surface area contributed by atoms with E-state index in [4.69, 9.17) is 9.26 Å². The van der Waals surface area contributed by atoms with Crippen LogP contribution >= 0.6 is 11.3 Å². The molecular formula is C19H19N3O4S. The molecule has 7 nitrogen and oxygen atoms in total. The van der Waals surface area contributed by atoms with Crippen LogP contribution in [-0.4, -0.2) is 22.0 Å². The summed E-state index contributed by atoms with van der Waals surface area (Å²) in [5.41, 5.74) is 1.89. The number of aromatic nitrogens is 2. The van der Waals surface area contributed by atoms with Gasteiger partial charge in [0.1, 0.15) is 0 Å². The average Bonchev–Trinajstić information content (AvgIpc) is 3.31. The minimum atomic E-state index is -0.460. The van der Waals surface area contributed by atoms with Gasteiger partial charge in [0.15, 0.2) is 6.61 Å². The Morgan fingerprint density at radius 1 is 1.26 bits per heavy atom. The van der Waals surface area contributed by atoms with Gasteiger partial charge in [-0.25, -0.2) is 0 Å². The second-order valence-corrected chi connectivity index (χ2v) is 6.94. The Hall–Kier alpha value is -3.00. The molecule has 0 aliphatic carbocycles. The van der Waals surface area contributed by atoms with Crippen molar-refractivity contribution in [1.29, 1.82) is 0 Å². The van der Waals surface area contributed by atoms with E-state index in [1.165, 1.54) is 18.3 Å². The number of hydrogen-bond donors (Lipinski definition) is 1. The molecule has 8 heteroatoms. The summed E-state index contributed by atoms with van der Waals surface area (Å²) < 4.78 is 10.4. The molecule has 0 radical (unpaired) electrons. The Bertz CT molecular complexity index is 921. The molecule has 1 unspecified atom stereocenters. The minimum Gasteiger partial charge on any atom is -0.455 e. The van der Waals surface area contributed by atoms with Crippen LogP contribution in [0.2, 0.25) is 0 Å². The van der Waals surface area contributed by atoms with Crippen molar-refractivity contribution in [1.82, 2.24) is 15.5 Å². The predicted octanol–water partition coefficient (Wildman–Crippen LogP) is 3.42. The van der Waals surface area contributed by atoms with Gasteiger partial charge in [-0.2, -0.15) is 4.98 Å². The quantitative estimate of drug-likeness (QED) is 0.626. The summed E-state index contributed by atoms with van der Waals surface area (Å²) in [6.07, 6.45) is 0.0267. The Kier molecular flexibility index (Phi) is 5.97. The second kappa shape index (κ2) is 8.59. The molecule has 0 spiro atoms. The monoisotopic (exact) mass is 385 g/mol. The zero-order valence-electron chi connectivity index (χ0n) is 15.0. The summed E-state index contributed by atoms with van der Waals surface area (Å²) in [5.74, 6) is 0.00132. The molecule has 1 amide bonds. The van der Waals surface area contributed by atoms with Gasteiger partial charge in [-0.15, -0.1) is 11.3 Å². The van der Waals surface area contributed by atoms with Crippen molar-refractivity contribution in [2.45, 2.75) is 32.9 Å². The number of nitrogens with one attached hydrogen (secondary N) is 1. The van der Waals surface area contributed by atoms with Crippen molar-refractivity contribution in [2.75, 3.05) is 0 Å². The number of esters is 1. The SMILES string of the molecule is CC(=O)NC(CC(=O)OCc1nc(-c2ccccc2C)no1)c1cccs1. The molecule has 0 aliphatic heterocycles. The van der Waals surface area contributed by atoms with Gasteiger partial charge in [0.05, 0.1) is 12.5 Å². The van der Waals surface area contributed by atoms with E-state index in [9.17, 15) is 9.59 Å². The van der Waals surface area contributed by atoms with Crippen LogP contribution in [0, 0.1) is 6.92 Å². The van der Waals surface area contributed by atoms with E-state index in [0.29, 0.717) is 5.82 Å². The van der Waals surface area contributed by atoms with Crippen molar-refractivity contribution < 1.29 is 18.8 Å². The van der Waals surface area contributed by atoms with Crippen LogP contribution in [-0.2, 0) is 20.9 Å². The van der Waals surface area contributed by atoms with Crippen LogP contribution in [0.3, 0.4) is 0 Å². The number of rotatable bonds is 7. The highest BCUT2D eigenvalue weighted by Crippen LogP contribution is 2.23. The van der Waals surface area contributed by atoms with Gasteiger partial charge < -0.3 is 14.6 Å². The largest absolute Gasteiger partial charge is 0.455 e. The summed E-state index contributed by atoms with van der Waals surface area (Å²) in [7, 11) is 0. The zero-order chi connectivity index (χ0) is 19.2. The molecule has 27 heavy (non-hydrogen) atoms. The van der Waals surface area contributed by atoms with Gasteiger partial charge in [-0.05, 0) is 23.9 Å². The van der Waals surface area contributed by atoms with E-state index >= 15 is 0 Å². The first kappa shape index (κ1) is 18.8. The van der Waals surface area contributed by atoms with Crippen molar-refractivity contribution in [3.63, 3.8) is 0 Å². The first-order valence-electron chi connectivity index (χ1n) is 8.37. The molecule has 3 aromatic rings. The third kappa shape index (κ3) is 5.01. The molecule has 2 heterocycles. The van der Waals surface area contributed by atoms with E-state index < -0.39 is 12.0 Å². The number of carbonyl (C=O) groups excluding carboxylic acids is 2. The lowest BCUT2D eigenvalue weighted by Crippen LogP contribution is -2.28. The third-order valence-corrected chi connectivity index (χ3v) is 4.83. The molecular weight excluding hydrogens is 366 g/mol. The molecule has 140 valence electrons. The number of amides is 1. The fourth-order valence-electron chi connectivity index (χ4n) is 2.57. The zero-order valence-corrected chi connectivity index (χ0v) is 15.8. The van der Waals surface area contributed by atoms with E-state index in [-0.39, 0.29) is 24.8 Å². The average molecular weight is 385 g/mol. The highest BCUT2D eigenvalue weighted by atomic mass is 32.1. The fourth-order valence-corrected chi connectivity index (χ4v) is 3.35. The molecule has 0 saturated heterocycles. The van der Waals surface area contributed by atoms with Gasteiger partial charge in [0, 0.05) is 17.4 Å². The molecule has 1 aromatic carbocycles. The Balaban J connectivity index is 1.59. The Labute approximate surface area is 160 Å². The fraction of sp³-hybridized carbons (Fsp3) is 0.263. The highest BCUT2D eigenvalue weighted by molar-refractivity contribution is 7.10. The van der Waals surface area contributed by atoms with Gasteiger partial charge in [-0.1, -0.05) is 35.5 Å². The second-order valence-electron chi connectivity index (χ2n) is 5.96. The molecule has 1 N–H and O–H groups in total. The first-order chi connectivity index (χ1) is 13.0. The standard InChI is InChI=1S/C19H19N3O4S/c1-12-6-3-4-7-14(12)19-21-17(26-22-19)11-25-18(24)10-15(20-13(2)23)16-8-5-9-27-16/h3-9,15H,10-11H2,1-2H3,(H,20,23). The maximum Gasteiger partial charge on any atom is 0.308 e. The van der Waals surface area contributed by atoms with Crippen LogP contribution in [0.15, 0.2) is 46.3 Å². The van der Waals surface area contributed by atoms with Gasteiger partial charge in [0.25, 0.3) is 5.89 Å². The van der Waals surface area contributed by atoms with Crippen molar-refractivity contribution >= 4 is 23.2 Å². The summed E-state index contributed by atoms with van der Waals surface area (Å²) in [6.45, 7) is 3.25. The van der Waals surface area contributed by atoms with Crippen molar-refractivity contribution in [3.05, 3.63) is 58.1 Å². The Morgan fingerprint density at radius 2 is 2.07 bits per heavy atom. The highest BCUT2D eigenvalue weighted by Gasteiger charge is 2.20. The first-order valence-corrected chi connectivity index (χ1v) is 9.25. The maximum atomic E-state index is 12.2. The predicted molar refractivity (Wildman–Crippen MR) is 99.8 cm³/mol. The molecule has 0 fully saturated rings. The topological polar surface area (TPSA) is 94.3 Å². The van der Waals surface area contributed by atoms with E-state index in [2.05, 4.69) is 15.5 Å². The maximum absolute atomic E-state index is 12.2. The Morgan fingerprint density at radius 3 is 2.78 bits per heavy atom. The lowest BCUT2D eigenvalue weighted by molar-refractivity contribution is -0.146. The van der Waals surface area contributed by atoms with Crippen molar-refractivity contribution in [2.24, 2.45) is 0 Å². The van der Waals surface area contributed by atoms with E-state index in [1.54, 1.807) is 0 Å². The van der Waals surface area contributed by atoms with Crippen molar-refractivity contribution in [3.8, 4) is 11.4 Å². The smallest absolute Gasteiger partial charge is 0.308 e. The van der Waals surface area contributed by atoms with E-state index in [1.807, 2.05) is 48.7 Å². The van der Waals surface area contributed by atoms with Crippen LogP contribution in [0.4, 0.5) is 0 Å². The molecule has 3 rings (SSSR count). The number of carbonyl (C=O) groups is 2. The van der Waals surface area contributed by atoms with Crippen LogP contribution < -0.4 is 5.32 Å². The van der Waals surface area contributed by atoms with E-state index in [0.717, 1.165) is 16.0 Å². The molecule has 1 atom stereocenters. The van der Waals surface area contributed by atoms with Crippen LogP contribution in [0.25, 0.3) is 11.4 Å². The summed E-state index contributed by atoms with van der Waals surface area (Å²) in [4.78, 5) is 28.7. The van der Waals surface area contributed by atoms with Gasteiger partial charge >= 0.3 is 5.97 Å². The number of benzene rings is 1. The third-order valence-electron chi connectivity index (χ3n) is 3.85. The molecule has 0 saturated carbocycles. The lowest BCUT2D eigenvalue weighted by atomic mass is 10.1. The number of thiophene rings is 1. The lowest BCUT2D eigenvalue weighted by Gasteiger charge is -2.15. The number of aryl methyl sites for hydroxylation is 1. The molecule has 2 aromatic heterocycles. The number of ether oxygens (including phenoxy) is 1. The molecule has 0 aliphatic rings. The summed E-state index contributed by atoms with van der Waals surface area (Å²) in [5, 5.41) is 8.59. The minimum absolute atomic E-state index is 0.0267. The van der Waals surface area contributed by atoms with Crippen LogP contribution in [0.1, 0.15) is 35.7 Å². The summed E-state index contributed by atoms with van der Waals surface area (Å²) in [6, 6.07) is 11.0.